The maximum Gasteiger partial charge on any atom is 0.341 e. The zero-order valence-corrected chi connectivity index (χ0v) is 18.1. The Morgan fingerprint density at radius 3 is 2.38 bits per heavy atom. The van der Waals surface area contributed by atoms with E-state index >= 15 is 0 Å². The average molecular weight is 422 g/mol. The number of carbonyl (C=O) groups is 2. The lowest BCUT2D eigenvalue weighted by atomic mass is 10.2. The summed E-state index contributed by atoms with van der Waals surface area (Å²) in [5.41, 5.74) is 2.46. The number of nitrogens with zero attached hydrogens (tertiary/aromatic N) is 1. The van der Waals surface area contributed by atoms with E-state index in [1.807, 2.05) is 19.9 Å². The number of benzene rings is 1. The minimum atomic E-state index is -4.12. The Bertz CT molecular complexity index is 1020. The van der Waals surface area contributed by atoms with E-state index in [1.54, 1.807) is 43.5 Å². The van der Waals surface area contributed by atoms with Gasteiger partial charge in [0, 0.05) is 23.6 Å². The van der Waals surface area contributed by atoms with E-state index in [9.17, 15) is 18.0 Å². The molecule has 1 aromatic carbocycles. The van der Waals surface area contributed by atoms with E-state index < -0.39 is 28.4 Å². The molecule has 2 aromatic rings. The normalized spacial score (nSPS) is 11.3. The zero-order chi connectivity index (χ0) is 21.8. The van der Waals surface area contributed by atoms with Gasteiger partial charge in [-0.3, -0.25) is 4.79 Å². The molecular formula is C20H27N3O5S. The van der Waals surface area contributed by atoms with Gasteiger partial charge in [-0.05, 0) is 52.3 Å². The summed E-state index contributed by atoms with van der Waals surface area (Å²) < 4.78 is 35.0. The molecule has 2 N–H and O–H groups in total. The van der Waals surface area contributed by atoms with Crippen molar-refractivity contribution in [1.29, 1.82) is 0 Å². The second-order valence-electron chi connectivity index (χ2n) is 6.58. The summed E-state index contributed by atoms with van der Waals surface area (Å²) in [4.78, 5) is 24.5. The van der Waals surface area contributed by atoms with Crippen LogP contribution < -0.4 is 10.0 Å². The largest absolute Gasteiger partial charge is 0.462 e. The van der Waals surface area contributed by atoms with Crippen LogP contribution in [0.25, 0.3) is 0 Å². The number of aromatic nitrogens is 1. The molecule has 0 bridgehead atoms. The van der Waals surface area contributed by atoms with Crippen LogP contribution in [0.2, 0.25) is 0 Å². The molecule has 1 amide bonds. The van der Waals surface area contributed by atoms with Crippen molar-refractivity contribution in [2.45, 2.75) is 46.1 Å². The van der Waals surface area contributed by atoms with Crippen molar-refractivity contribution in [2.75, 3.05) is 18.5 Å². The predicted octanol–water partition coefficient (Wildman–Crippen LogP) is 2.53. The molecule has 0 aliphatic heterocycles. The number of nitrogens with one attached hydrogen (secondary N) is 2. The first-order chi connectivity index (χ1) is 13.6. The van der Waals surface area contributed by atoms with Gasteiger partial charge in [-0.2, -0.15) is 0 Å². The number of rotatable bonds is 8. The molecule has 0 radical (unpaired) electrons. The van der Waals surface area contributed by atoms with Gasteiger partial charge in [0.2, 0.25) is 15.9 Å². The molecule has 9 heteroatoms. The van der Waals surface area contributed by atoms with E-state index in [-0.39, 0.29) is 17.1 Å². The average Bonchev–Trinajstić information content (AvgIpc) is 2.91. The Hall–Kier alpha value is -2.65. The van der Waals surface area contributed by atoms with Crippen LogP contribution in [0.3, 0.4) is 0 Å². The maximum absolute atomic E-state index is 13.0. The predicted molar refractivity (Wildman–Crippen MR) is 111 cm³/mol. The van der Waals surface area contributed by atoms with Crippen LogP contribution in [-0.4, -0.2) is 38.0 Å². The summed E-state index contributed by atoms with van der Waals surface area (Å²) in [6.07, 6.45) is 0. The van der Waals surface area contributed by atoms with E-state index in [1.165, 1.54) is 0 Å². The SMILES string of the molecule is CCOC(=O)c1c(S(=O)(=O)NCC(=O)Nc2cccc(C)c2)c(C)n(CC)c1C. The molecule has 0 saturated carbocycles. The summed E-state index contributed by atoms with van der Waals surface area (Å²) >= 11 is 0. The van der Waals surface area contributed by atoms with Gasteiger partial charge in [-0.1, -0.05) is 12.1 Å². The van der Waals surface area contributed by atoms with Gasteiger partial charge >= 0.3 is 5.97 Å². The Labute approximate surface area is 171 Å². The Morgan fingerprint density at radius 2 is 1.79 bits per heavy atom. The molecule has 0 saturated heterocycles. The van der Waals surface area contributed by atoms with Gasteiger partial charge in [-0.25, -0.2) is 17.9 Å². The molecule has 0 spiro atoms. The lowest BCUT2D eigenvalue weighted by Crippen LogP contribution is -2.34. The third-order valence-corrected chi connectivity index (χ3v) is 6.08. The van der Waals surface area contributed by atoms with E-state index in [0.29, 0.717) is 23.6 Å². The second-order valence-corrected chi connectivity index (χ2v) is 8.29. The number of amides is 1. The molecule has 8 nitrogen and oxygen atoms in total. The van der Waals surface area contributed by atoms with Crippen LogP contribution in [0, 0.1) is 20.8 Å². The molecule has 1 aromatic heterocycles. The Balaban J connectivity index is 2.28. The Kier molecular flexibility index (Phi) is 7.21. The topological polar surface area (TPSA) is 106 Å². The summed E-state index contributed by atoms with van der Waals surface area (Å²) in [7, 11) is -4.12. The van der Waals surface area contributed by atoms with E-state index in [4.69, 9.17) is 4.74 Å². The van der Waals surface area contributed by atoms with Crippen LogP contribution in [0.5, 0.6) is 0 Å². The third kappa shape index (κ3) is 5.04. The fraction of sp³-hybridized carbons (Fsp3) is 0.400. The number of ether oxygens (including phenoxy) is 1. The van der Waals surface area contributed by atoms with Gasteiger partial charge < -0.3 is 14.6 Å². The monoisotopic (exact) mass is 421 g/mol. The maximum atomic E-state index is 13.0. The van der Waals surface area contributed by atoms with Gasteiger partial charge in [-0.15, -0.1) is 0 Å². The van der Waals surface area contributed by atoms with Crippen molar-refractivity contribution in [3.63, 3.8) is 0 Å². The molecule has 0 aliphatic carbocycles. The number of hydrogen-bond donors (Lipinski definition) is 2. The second kappa shape index (κ2) is 9.23. The molecule has 0 aliphatic rings. The number of sulfonamides is 1. The quantitative estimate of drug-likeness (QED) is 0.637. The zero-order valence-electron chi connectivity index (χ0n) is 17.3. The standard InChI is InChI=1S/C20H27N3O5S/c1-6-23-14(4)18(20(25)28-7-2)19(15(23)5)29(26,27)21-12-17(24)22-16-10-8-9-13(3)11-16/h8-11,21H,6-7,12H2,1-5H3,(H,22,24). The number of esters is 1. The third-order valence-electron chi connectivity index (χ3n) is 4.52. The first kappa shape index (κ1) is 22.6. The van der Waals surface area contributed by atoms with Crippen LogP contribution >= 0.6 is 0 Å². The van der Waals surface area contributed by atoms with Crippen molar-refractivity contribution in [3.05, 3.63) is 46.8 Å². The Morgan fingerprint density at radius 1 is 1.10 bits per heavy atom. The van der Waals surface area contributed by atoms with Crippen molar-refractivity contribution in [3.8, 4) is 0 Å². The minimum absolute atomic E-state index is 0.00204. The van der Waals surface area contributed by atoms with Crippen molar-refractivity contribution >= 4 is 27.6 Å². The molecule has 0 unspecified atom stereocenters. The van der Waals surface area contributed by atoms with Gasteiger partial charge in [0.25, 0.3) is 0 Å². The molecular weight excluding hydrogens is 394 g/mol. The van der Waals surface area contributed by atoms with Crippen LogP contribution in [-0.2, 0) is 26.1 Å². The number of aryl methyl sites for hydroxylation is 1. The first-order valence-electron chi connectivity index (χ1n) is 9.35. The van der Waals surface area contributed by atoms with Crippen molar-refractivity contribution < 1.29 is 22.7 Å². The van der Waals surface area contributed by atoms with Crippen molar-refractivity contribution in [2.24, 2.45) is 0 Å². The molecule has 0 atom stereocenters. The summed E-state index contributed by atoms with van der Waals surface area (Å²) in [6, 6.07) is 7.17. The van der Waals surface area contributed by atoms with E-state index in [0.717, 1.165) is 5.56 Å². The molecule has 1 heterocycles. The molecule has 0 fully saturated rings. The fourth-order valence-corrected chi connectivity index (χ4v) is 4.73. The molecule has 158 valence electrons. The number of carbonyl (C=O) groups excluding carboxylic acids is 2. The fourth-order valence-electron chi connectivity index (χ4n) is 3.26. The highest BCUT2D eigenvalue weighted by atomic mass is 32.2. The van der Waals surface area contributed by atoms with Gasteiger partial charge in [0.15, 0.2) is 0 Å². The first-order valence-corrected chi connectivity index (χ1v) is 10.8. The smallest absolute Gasteiger partial charge is 0.341 e. The van der Waals surface area contributed by atoms with Crippen molar-refractivity contribution in [1.82, 2.24) is 9.29 Å². The lowest BCUT2D eigenvalue weighted by molar-refractivity contribution is -0.115. The summed E-state index contributed by atoms with van der Waals surface area (Å²) in [5.74, 6) is -1.22. The summed E-state index contributed by atoms with van der Waals surface area (Å²) in [5, 5.41) is 2.64. The minimum Gasteiger partial charge on any atom is -0.462 e. The highest BCUT2D eigenvalue weighted by Gasteiger charge is 2.32. The number of anilines is 1. The van der Waals surface area contributed by atoms with Gasteiger partial charge in [0.05, 0.1) is 13.2 Å². The number of hydrogen-bond acceptors (Lipinski definition) is 5. The lowest BCUT2D eigenvalue weighted by Gasteiger charge is -2.10. The summed E-state index contributed by atoms with van der Waals surface area (Å²) in [6.45, 7) is 8.85. The molecule has 29 heavy (non-hydrogen) atoms. The van der Waals surface area contributed by atoms with Gasteiger partial charge in [0.1, 0.15) is 10.5 Å². The highest BCUT2D eigenvalue weighted by Crippen LogP contribution is 2.27. The van der Waals surface area contributed by atoms with Crippen LogP contribution in [0.15, 0.2) is 29.2 Å². The highest BCUT2D eigenvalue weighted by molar-refractivity contribution is 7.89. The van der Waals surface area contributed by atoms with Crippen LogP contribution in [0.4, 0.5) is 5.69 Å². The molecule has 2 rings (SSSR count). The van der Waals surface area contributed by atoms with E-state index in [2.05, 4.69) is 10.0 Å². The van der Waals surface area contributed by atoms with Crippen LogP contribution in [0.1, 0.15) is 41.2 Å².